The molecule has 1 amide bonds. The number of halogens is 2. The molecule has 0 saturated carbocycles. The van der Waals surface area contributed by atoms with Crippen LogP contribution in [0.3, 0.4) is 0 Å². The molecule has 8 heteroatoms. The summed E-state index contributed by atoms with van der Waals surface area (Å²) in [4.78, 5) is 21.5. The van der Waals surface area contributed by atoms with Crippen LogP contribution in [0.5, 0.6) is 0 Å². The van der Waals surface area contributed by atoms with Gasteiger partial charge in [0.05, 0.1) is 17.9 Å². The van der Waals surface area contributed by atoms with Crippen molar-refractivity contribution in [2.24, 2.45) is 4.99 Å². The zero-order chi connectivity index (χ0) is 21.4. The molecule has 0 saturated heterocycles. The number of rotatable bonds is 4. The molecule has 2 aromatic carbocycles. The fourth-order valence-corrected chi connectivity index (χ4v) is 3.40. The molecule has 2 heterocycles. The Morgan fingerprint density at radius 1 is 1.23 bits per heavy atom. The molecule has 0 fully saturated rings. The Morgan fingerprint density at radius 2 is 2.03 bits per heavy atom. The summed E-state index contributed by atoms with van der Waals surface area (Å²) in [5, 5.41) is 9.53. The highest BCUT2D eigenvalue weighted by molar-refractivity contribution is 6.04. The number of carbonyl (C=O) groups excluding carboxylic acids is 1. The Hall–Kier alpha value is -3.36. The highest BCUT2D eigenvalue weighted by Crippen LogP contribution is 2.29. The molecule has 2 aliphatic heterocycles. The Kier molecular flexibility index (Phi) is 5.19. The lowest BCUT2D eigenvalue weighted by Crippen LogP contribution is -2.42. The number of benzene rings is 2. The first-order valence-electron chi connectivity index (χ1n) is 9.31. The number of fused-ring (bicyclic) bond motifs is 1. The van der Waals surface area contributed by atoms with E-state index in [1.54, 1.807) is 55.7 Å². The lowest BCUT2D eigenvalue weighted by molar-refractivity contribution is 0.0823. The molecule has 0 spiro atoms. The zero-order valence-electron chi connectivity index (χ0n) is 16.5. The van der Waals surface area contributed by atoms with Gasteiger partial charge in [-0.1, -0.05) is 17.0 Å². The third kappa shape index (κ3) is 3.51. The first kappa shape index (κ1) is 19.9. The van der Waals surface area contributed by atoms with Crippen LogP contribution in [0.1, 0.15) is 21.5 Å². The Morgan fingerprint density at radius 3 is 2.73 bits per heavy atom. The fourth-order valence-electron chi connectivity index (χ4n) is 3.40. The van der Waals surface area contributed by atoms with Crippen molar-refractivity contribution in [1.82, 2.24) is 9.80 Å². The van der Waals surface area contributed by atoms with Gasteiger partial charge in [-0.3, -0.25) is 9.69 Å². The second-order valence-electron chi connectivity index (χ2n) is 7.17. The number of amides is 1. The number of hydrogen-bond donors (Lipinski definition) is 1. The minimum Gasteiger partial charge on any atom is -0.391 e. The predicted molar refractivity (Wildman–Crippen MR) is 111 cm³/mol. The Bertz CT molecular complexity index is 1110. The van der Waals surface area contributed by atoms with Crippen molar-refractivity contribution in [2.45, 2.75) is 6.61 Å². The average molecular weight is 410 g/mol. The smallest absolute Gasteiger partial charge is 0.285 e. The number of amidine groups is 1. The summed E-state index contributed by atoms with van der Waals surface area (Å²) in [5.74, 6) is -0.821. The van der Waals surface area contributed by atoms with Gasteiger partial charge in [0.2, 0.25) is 6.67 Å². The van der Waals surface area contributed by atoms with Crippen LogP contribution >= 0.6 is 0 Å². The number of carbonyl (C=O) groups is 1. The normalized spacial score (nSPS) is 15.7. The molecule has 1 N–H and O–H groups in total. The van der Waals surface area contributed by atoms with E-state index >= 15 is 0 Å². The number of aliphatic imine (C=N–C) groups is 1. The summed E-state index contributed by atoms with van der Waals surface area (Å²) < 4.78 is 28.5. The molecule has 153 valence electrons. The van der Waals surface area contributed by atoms with Crippen molar-refractivity contribution >= 4 is 23.1 Å². The molecule has 2 aliphatic rings. The zero-order valence-corrected chi connectivity index (χ0v) is 16.5. The third-order valence-corrected chi connectivity index (χ3v) is 4.98. The maximum Gasteiger partial charge on any atom is 0.285 e. The van der Waals surface area contributed by atoms with Gasteiger partial charge < -0.3 is 10.0 Å². The number of aliphatic hydroxyl groups is 1. The predicted octanol–water partition coefficient (Wildman–Crippen LogP) is 3.00. The number of anilines is 1. The molecular formula is C22H20F2N4O2+. The van der Waals surface area contributed by atoms with Gasteiger partial charge in [-0.05, 0) is 24.3 Å². The van der Waals surface area contributed by atoms with Crippen molar-refractivity contribution in [3.05, 3.63) is 83.2 Å². The average Bonchev–Trinajstić information content (AvgIpc) is 3.16. The highest BCUT2D eigenvalue weighted by atomic mass is 19.1. The standard InChI is InChI=1S/C22H20F2N4O2/c1-26(2)22(30)15-7-6-14(10-18(15)24)19-11-28-13-27(9-8-21(28)25-19)20-5-3-4-17(23)16(20)12-29/h3-11,29H,12-13H2,1-2H3/q+1. The molecule has 0 bridgehead atoms. The quantitative estimate of drug-likeness (QED) is 0.789. The van der Waals surface area contributed by atoms with Crippen molar-refractivity contribution in [3.8, 4) is 0 Å². The summed E-state index contributed by atoms with van der Waals surface area (Å²) in [6, 6.07) is 9.04. The van der Waals surface area contributed by atoms with Crippen LogP contribution in [0.4, 0.5) is 14.5 Å². The van der Waals surface area contributed by atoms with E-state index in [9.17, 15) is 18.7 Å². The monoisotopic (exact) mass is 410 g/mol. The largest absolute Gasteiger partial charge is 0.391 e. The van der Waals surface area contributed by atoms with Crippen LogP contribution in [0.15, 0.2) is 59.9 Å². The molecule has 6 nitrogen and oxygen atoms in total. The van der Waals surface area contributed by atoms with Gasteiger partial charge in [-0.25, -0.2) is 8.78 Å². The second kappa shape index (κ2) is 7.81. The number of aliphatic hydroxyl groups excluding tert-OH is 1. The van der Waals surface area contributed by atoms with Gasteiger partial charge in [-0.15, -0.1) is 0 Å². The van der Waals surface area contributed by atoms with Crippen molar-refractivity contribution < 1.29 is 18.7 Å². The van der Waals surface area contributed by atoms with Gasteiger partial charge in [0.1, 0.15) is 17.3 Å². The highest BCUT2D eigenvalue weighted by Gasteiger charge is 2.34. The van der Waals surface area contributed by atoms with Crippen LogP contribution in [-0.4, -0.2) is 42.5 Å². The molecule has 0 aliphatic carbocycles. The Balaban J connectivity index is 1.59. The van der Waals surface area contributed by atoms with Crippen molar-refractivity contribution in [3.63, 3.8) is 0 Å². The first-order chi connectivity index (χ1) is 14.4. The van der Waals surface area contributed by atoms with Crippen LogP contribution in [0.25, 0.3) is 5.70 Å². The Labute approximate surface area is 172 Å². The summed E-state index contributed by atoms with van der Waals surface area (Å²) in [5.41, 5.74) is 1.88. The topological polar surface area (TPSA) is 62.0 Å². The number of nitrogens with zero attached hydrogens (tertiary/aromatic N) is 4. The van der Waals surface area contributed by atoms with Gasteiger partial charge in [0, 0.05) is 37.5 Å². The molecule has 2 aromatic rings. The molecule has 0 aromatic heterocycles. The SMILES string of the molecule is CN(C)C(=O)c1ccc(C2=C[N+]3CN(c4cccc(F)c4CO)C=CC3=N2)cc1F. The van der Waals surface area contributed by atoms with Crippen LogP contribution < -0.4 is 9.80 Å². The van der Waals surface area contributed by atoms with E-state index < -0.39 is 24.1 Å². The van der Waals surface area contributed by atoms with E-state index in [0.717, 1.165) is 0 Å². The van der Waals surface area contributed by atoms with Crippen molar-refractivity contribution in [1.29, 1.82) is 0 Å². The maximum absolute atomic E-state index is 14.5. The van der Waals surface area contributed by atoms with Crippen LogP contribution in [0, 0.1) is 11.6 Å². The third-order valence-electron chi connectivity index (χ3n) is 4.98. The number of hydrogen-bond acceptors (Lipinski definition) is 5. The maximum atomic E-state index is 14.5. The van der Waals surface area contributed by atoms with E-state index in [1.165, 1.54) is 23.1 Å². The molecule has 30 heavy (non-hydrogen) atoms. The summed E-state index contributed by atoms with van der Waals surface area (Å²) in [6.45, 7) is -0.0549. The van der Waals surface area contributed by atoms with Gasteiger partial charge >= 0.3 is 0 Å². The summed E-state index contributed by atoms with van der Waals surface area (Å²) in [7, 11) is 3.13. The molecular weight excluding hydrogens is 390 g/mol. The van der Waals surface area contributed by atoms with E-state index in [2.05, 4.69) is 4.99 Å². The minimum absolute atomic E-state index is 0.00132. The van der Waals surface area contributed by atoms with Crippen LogP contribution in [0.2, 0.25) is 0 Å². The molecule has 1 radical (unpaired) electrons. The van der Waals surface area contributed by atoms with Gasteiger partial charge in [0.25, 0.3) is 11.7 Å². The molecule has 0 atom stereocenters. The first-order valence-corrected chi connectivity index (χ1v) is 9.31. The summed E-state index contributed by atoms with van der Waals surface area (Å²) in [6.07, 6.45) is 5.30. The lowest BCUT2D eigenvalue weighted by Gasteiger charge is -2.24. The van der Waals surface area contributed by atoms with E-state index in [0.29, 0.717) is 29.5 Å². The second-order valence-corrected chi connectivity index (χ2v) is 7.17. The minimum atomic E-state index is -0.610. The summed E-state index contributed by atoms with van der Waals surface area (Å²) >= 11 is 0. The van der Waals surface area contributed by atoms with E-state index in [-0.39, 0.29) is 11.1 Å². The van der Waals surface area contributed by atoms with Gasteiger partial charge in [-0.2, -0.15) is 4.99 Å². The fraction of sp³-hybridized carbons (Fsp3) is 0.182. The lowest BCUT2D eigenvalue weighted by atomic mass is 10.1. The van der Waals surface area contributed by atoms with Gasteiger partial charge in [0.15, 0.2) is 6.20 Å². The van der Waals surface area contributed by atoms with E-state index in [1.807, 2.05) is 4.90 Å². The molecule has 0 unspecified atom stereocenters. The van der Waals surface area contributed by atoms with Crippen molar-refractivity contribution in [2.75, 3.05) is 25.7 Å². The van der Waals surface area contributed by atoms with E-state index in [4.69, 9.17) is 0 Å². The van der Waals surface area contributed by atoms with Crippen LogP contribution in [-0.2, 0) is 6.61 Å². The molecule has 4 rings (SSSR count).